The molecule has 1 N–H and O–H groups in total. The fourth-order valence-electron chi connectivity index (χ4n) is 2.38. The van der Waals surface area contributed by atoms with E-state index < -0.39 is 29.0 Å². The van der Waals surface area contributed by atoms with Crippen molar-refractivity contribution < 1.29 is 22.7 Å². The number of carbonyl (C=O) groups is 1. The first-order chi connectivity index (χ1) is 11.1. The van der Waals surface area contributed by atoms with Gasteiger partial charge in [0.2, 0.25) is 5.91 Å². The fraction of sp³-hybridized carbons (Fsp3) is 0.188. The largest absolute Gasteiger partial charge is 0.490 e. The van der Waals surface area contributed by atoms with Crippen molar-refractivity contribution in [1.82, 2.24) is 0 Å². The maximum Gasteiger partial charge on any atom is 0.243 e. The topological polar surface area (TPSA) is 41.6 Å². The van der Waals surface area contributed by atoms with E-state index in [9.17, 15) is 18.0 Å². The van der Waals surface area contributed by atoms with Crippen LogP contribution in [0.1, 0.15) is 0 Å². The van der Waals surface area contributed by atoms with Crippen molar-refractivity contribution in [1.29, 1.82) is 0 Å². The molecule has 0 saturated heterocycles. The minimum Gasteiger partial charge on any atom is -0.490 e. The highest BCUT2D eigenvalue weighted by Gasteiger charge is 2.21. The van der Waals surface area contributed by atoms with Crippen molar-refractivity contribution >= 4 is 17.3 Å². The van der Waals surface area contributed by atoms with Gasteiger partial charge in [0, 0.05) is 0 Å². The maximum atomic E-state index is 13.6. The van der Waals surface area contributed by atoms with Gasteiger partial charge in [0.15, 0.2) is 17.5 Å². The van der Waals surface area contributed by atoms with Gasteiger partial charge in [-0.3, -0.25) is 4.79 Å². The van der Waals surface area contributed by atoms with Gasteiger partial charge in [0.1, 0.15) is 12.4 Å². The third-order valence-electron chi connectivity index (χ3n) is 3.47. The van der Waals surface area contributed by atoms with Gasteiger partial charge in [-0.15, -0.1) is 0 Å². The Kier molecular flexibility index (Phi) is 4.10. The molecular weight excluding hydrogens is 309 g/mol. The highest BCUT2D eigenvalue weighted by Crippen LogP contribution is 2.30. The Morgan fingerprint density at radius 1 is 1.13 bits per heavy atom. The molecule has 1 aliphatic rings. The van der Waals surface area contributed by atoms with Gasteiger partial charge in [-0.05, 0) is 24.3 Å². The number of carbonyl (C=O) groups excluding carboxylic acids is 1. The van der Waals surface area contributed by atoms with Gasteiger partial charge in [0.25, 0.3) is 0 Å². The molecule has 23 heavy (non-hydrogen) atoms. The molecule has 1 heterocycles. The molecule has 0 radical (unpaired) electrons. The summed E-state index contributed by atoms with van der Waals surface area (Å²) in [6.07, 6.45) is 0. The lowest BCUT2D eigenvalue weighted by molar-refractivity contribution is -0.115. The number of para-hydroxylation sites is 2. The second-order valence-corrected chi connectivity index (χ2v) is 5.01. The van der Waals surface area contributed by atoms with Crippen LogP contribution in [-0.2, 0) is 4.79 Å². The Morgan fingerprint density at radius 2 is 1.91 bits per heavy atom. The van der Waals surface area contributed by atoms with Crippen molar-refractivity contribution in [3.05, 3.63) is 53.8 Å². The van der Waals surface area contributed by atoms with Crippen LogP contribution in [0.15, 0.2) is 36.4 Å². The number of nitrogens with one attached hydrogen (secondary N) is 1. The van der Waals surface area contributed by atoms with E-state index in [0.29, 0.717) is 18.9 Å². The number of hydrogen-bond acceptors (Lipinski definition) is 3. The summed E-state index contributed by atoms with van der Waals surface area (Å²) in [5.41, 5.74) is 0.357. The van der Waals surface area contributed by atoms with Crippen molar-refractivity contribution in [2.24, 2.45) is 0 Å². The molecular formula is C16H13F3N2O2. The Hall–Kier alpha value is -2.70. The van der Waals surface area contributed by atoms with Crippen molar-refractivity contribution in [3.63, 3.8) is 0 Å². The van der Waals surface area contributed by atoms with E-state index in [1.807, 2.05) is 12.1 Å². The van der Waals surface area contributed by atoms with E-state index in [0.717, 1.165) is 17.8 Å². The summed E-state index contributed by atoms with van der Waals surface area (Å²) in [6, 6.07) is 8.97. The number of hydrogen-bond donors (Lipinski definition) is 1. The van der Waals surface area contributed by atoms with E-state index in [1.54, 1.807) is 17.0 Å². The minimum absolute atomic E-state index is 0.0567. The van der Waals surface area contributed by atoms with Crippen molar-refractivity contribution in [2.45, 2.75) is 0 Å². The number of amides is 1. The summed E-state index contributed by atoms with van der Waals surface area (Å²) in [5.74, 6) is -4.21. The van der Waals surface area contributed by atoms with Gasteiger partial charge in [-0.1, -0.05) is 12.1 Å². The van der Waals surface area contributed by atoms with Crippen LogP contribution in [0, 0.1) is 17.5 Å². The molecule has 1 amide bonds. The Balaban J connectivity index is 1.73. The number of halogens is 3. The molecule has 3 rings (SSSR count). The molecule has 0 saturated carbocycles. The van der Waals surface area contributed by atoms with E-state index >= 15 is 0 Å². The molecule has 0 aliphatic carbocycles. The first kappa shape index (κ1) is 15.2. The number of nitrogens with zero attached hydrogens (tertiary/aromatic N) is 1. The number of anilines is 2. The molecule has 4 nitrogen and oxygen atoms in total. The highest BCUT2D eigenvalue weighted by molar-refractivity contribution is 5.94. The number of fused-ring (bicyclic) bond motifs is 1. The summed E-state index contributed by atoms with van der Waals surface area (Å²) in [4.78, 5) is 13.8. The summed E-state index contributed by atoms with van der Waals surface area (Å²) in [6.45, 7) is 0.854. The standard InChI is InChI=1S/C16H13F3N2O2/c17-10-5-6-11(16(19)15(10)18)20-14(22)9-21-7-8-23-13-4-2-1-3-12(13)21/h1-6H,7-9H2,(H,20,22). The molecule has 0 atom stereocenters. The third kappa shape index (κ3) is 3.08. The third-order valence-corrected chi connectivity index (χ3v) is 3.47. The van der Waals surface area contributed by atoms with Crippen LogP contribution >= 0.6 is 0 Å². The first-order valence-electron chi connectivity index (χ1n) is 6.96. The van der Waals surface area contributed by atoms with Crippen molar-refractivity contribution in [2.75, 3.05) is 29.9 Å². The van der Waals surface area contributed by atoms with Gasteiger partial charge < -0.3 is 15.0 Å². The molecule has 0 aromatic heterocycles. The van der Waals surface area contributed by atoms with Crippen LogP contribution in [0.4, 0.5) is 24.5 Å². The number of benzene rings is 2. The predicted molar refractivity (Wildman–Crippen MR) is 79.1 cm³/mol. The molecule has 120 valence electrons. The molecule has 0 spiro atoms. The quantitative estimate of drug-likeness (QED) is 0.884. The zero-order chi connectivity index (χ0) is 16.4. The normalized spacial score (nSPS) is 13.3. The second kappa shape index (κ2) is 6.20. The van der Waals surface area contributed by atoms with Crippen LogP contribution in [0.5, 0.6) is 5.75 Å². The summed E-state index contributed by atoms with van der Waals surface area (Å²) in [5, 5.41) is 2.25. The van der Waals surface area contributed by atoms with Gasteiger partial charge >= 0.3 is 0 Å². The molecule has 2 aromatic carbocycles. The van der Waals surface area contributed by atoms with E-state index in [1.165, 1.54) is 0 Å². The SMILES string of the molecule is O=C(CN1CCOc2ccccc21)Nc1ccc(F)c(F)c1F. The van der Waals surface area contributed by atoms with Gasteiger partial charge in [-0.2, -0.15) is 0 Å². The average molecular weight is 322 g/mol. The van der Waals surface area contributed by atoms with Gasteiger partial charge in [0.05, 0.1) is 24.5 Å². The van der Waals surface area contributed by atoms with Crippen LogP contribution < -0.4 is 15.0 Å². The van der Waals surface area contributed by atoms with E-state index in [-0.39, 0.29) is 6.54 Å². The zero-order valence-corrected chi connectivity index (χ0v) is 12.0. The molecule has 1 aliphatic heterocycles. The monoisotopic (exact) mass is 322 g/mol. The molecule has 2 aromatic rings. The molecule has 7 heteroatoms. The maximum absolute atomic E-state index is 13.6. The molecule has 0 fully saturated rings. The minimum atomic E-state index is -1.61. The Bertz CT molecular complexity index is 752. The summed E-state index contributed by atoms with van der Waals surface area (Å²) in [7, 11) is 0. The average Bonchev–Trinajstić information content (AvgIpc) is 2.56. The second-order valence-electron chi connectivity index (χ2n) is 5.01. The van der Waals surface area contributed by atoms with Crippen LogP contribution in [0.3, 0.4) is 0 Å². The predicted octanol–water partition coefficient (Wildman–Crippen LogP) is 2.94. The van der Waals surface area contributed by atoms with Crippen LogP contribution in [0.2, 0.25) is 0 Å². The lowest BCUT2D eigenvalue weighted by Crippen LogP contribution is -2.38. The Morgan fingerprint density at radius 3 is 2.74 bits per heavy atom. The van der Waals surface area contributed by atoms with Crippen molar-refractivity contribution in [3.8, 4) is 5.75 Å². The number of rotatable bonds is 3. The summed E-state index contributed by atoms with van der Waals surface area (Å²) < 4.78 is 45.1. The number of ether oxygens (including phenoxy) is 1. The fourth-order valence-corrected chi connectivity index (χ4v) is 2.38. The van der Waals surface area contributed by atoms with Crippen LogP contribution in [0.25, 0.3) is 0 Å². The lowest BCUT2D eigenvalue weighted by Gasteiger charge is -2.30. The smallest absolute Gasteiger partial charge is 0.243 e. The first-order valence-corrected chi connectivity index (χ1v) is 6.96. The van der Waals surface area contributed by atoms with Gasteiger partial charge in [-0.25, -0.2) is 13.2 Å². The van der Waals surface area contributed by atoms with Crippen LogP contribution in [-0.4, -0.2) is 25.6 Å². The Labute approximate surface area is 130 Å². The van der Waals surface area contributed by atoms with E-state index in [4.69, 9.17) is 4.74 Å². The summed E-state index contributed by atoms with van der Waals surface area (Å²) >= 11 is 0. The highest BCUT2D eigenvalue weighted by atomic mass is 19.2. The zero-order valence-electron chi connectivity index (χ0n) is 12.0. The lowest BCUT2D eigenvalue weighted by atomic mass is 10.2. The molecule has 0 bridgehead atoms. The van der Waals surface area contributed by atoms with E-state index in [2.05, 4.69) is 5.32 Å². The molecule has 0 unspecified atom stereocenters.